The van der Waals surface area contributed by atoms with Gasteiger partial charge in [-0.05, 0) is 60.2 Å². The molecule has 2 heterocycles. The lowest BCUT2D eigenvalue weighted by molar-refractivity contribution is -0.136. The van der Waals surface area contributed by atoms with Gasteiger partial charge in [0.1, 0.15) is 11.5 Å². The van der Waals surface area contributed by atoms with Gasteiger partial charge in [-0.2, -0.15) is 0 Å². The van der Waals surface area contributed by atoms with E-state index in [2.05, 4.69) is 4.90 Å². The number of benzene rings is 3. The standard InChI is InChI=1S/C29H30ClN3O4/c1-36-24-10-6-20(7-11-24)28-26(19-27(34)33(28)22-8-12-25(37-2)13-9-22)29(35)32-16-14-31(15-17-32)23-5-3-4-21(30)18-23/h3-13,18,26,28H,14-17,19H2,1-2H3. The summed E-state index contributed by atoms with van der Waals surface area (Å²) >= 11 is 6.17. The van der Waals surface area contributed by atoms with Gasteiger partial charge in [0, 0.05) is 49.0 Å². The van der Waals surface area contributed by atoms with Gasteiger partial charge in [0.2, 0.25) is 11.8 Å². The molecule has 2 atom stereocenters. The van der Waals surface area contributed by atoms with Crippen LogP contribution in [0.15, 0.2) is 72.8 Å². The van der Waals surface area contributed by atoms with E-state index in [9.17, 15) is 9.59 Å². The summed E-state index contributed by atoms with van der Waals surface area (Å²) in [6.45, 7) is 2.60. The van der Waals surface area contributed by atoms with Crippen molar-refractivity contribution in [1.29, 1.82) is 0 Å². The van der Waals surface area contributed by atoms with Crippen molar-refractivity contribution in [3.63, 3.8) is 0 Å². The van der Waals surface area contributed by atoms with Crippen LogP contribution >= 0.6 is 11.6 Å². The van der Waals surface area contributed by atoms with Crippen molar-refractivity contribution in [2.24, 2.45) is 5.92 Å². The number of piperazine rings is 1. The Hall–Kier alpha value is -3.71. The highest BCUT2D eigenvalue weighted by atomic mass is 35.5. The van der Waals surface area contributed by atoms with Crippen molar-refractivity contribution in [2.75, 3.05) is 50.2 Å². The molecule has 7 nitrogen and oxygen atoms in total. The fraction of sp³-hybridized carbons (Fsp3) is 0.310. The molecule has 3 aromatic carbocycles. The highest BCUT2D eigenvalue weighted by Gasteiger charge is 2.46. The number of rotatable bonds is 6. The molecule has 2 fully saturated rings. The number of carbonyl (C=O) groups is 2. The van der Waals surface area contributed by atoms with Crippen LogP contribution in [-0.2, 0) is 9.59 Å². The zero-order valence-electron chi connectivity index (χ0n) is 21.0. The summed E-state index contributed by atoms with van der Waals surface area (Å²) in [6.07, 6.45) is 0.163. The quantitative estimate of drug-likeness (QED) is 0.468. The first-order chi connectivity index (χ1) is 18.0. The number of ether oxygens (including phenoxy) is 2. The SMILES string of the molecule is COc1ccc(C2C(C(=O)N3CCN(c4cccc(Cl)c4)CC3)CC(=O)N2c2ccc(OC)cc2)cc1. The number of hydrogen-bond donors (Lipinski definition) is 0. The van der Waals surface area contributed by atoms with E-state index in [1.807, 2.05) is 77.7 Å². The van der Waals surface area contributed by atoms with Gasteiger partial charge in [0.25, 0.3) is 0 Å². The number of carbonyl (C=O) groups excluding carboxylic acids is 2. The van der Waals surface area contributed by atoms with Gasteiger partial charge in [0.05, 0.1) is 26.2 Å². The maximum Gasteiger partial charge on any atom is 0.228 e. The summed E-state index contributed by atoms with van der Waals surface area (Å²) in [4.78, 5) is 33.2. The molecule has 0 spiro atoms. The Balaban J connectivity index is 1.40. The van der Waals surface area contributed by atoms with E-state index in [1.165, 1.54) is 0 Å². The molecule has 2 amide bonds. The van der Waals surface area contributed by atoms with Crippen LogP contribution in [0.2, 0.25) is 5.02 Å². The second kappa shape index (κ2) is 10.7. The highest BCUT2D eigenvalue weighted by Crippen LogP contribution is 2.43. The molecule has 0 aromatic heterocycles. The normalized spacial score (nSPS) is 19.8. The lowest BCUT2D eigenvalue weighted by Crippen LogP contribution is -2.51. The molecule has 0 N–H and O–H groups in total. The molecule has 2 aliphatic heterocycles. The molecule has 192 valence electrons. The van der Waals surface area contributed by atoms with E-state index in [4.69, 9.17) is 21.1 Å². The molecule has 8 heteroatoms. The first-order valence-electron chi connectivity index (χ1n) is 12.4. The van der Waals surface area contributed by atoms with Crippen molar-refractivity contribution >= 4 is 34.8 Å². The number of anilines is 2. The van der Waals surface area contributed by atoms with Gasteiger partial charge in [-0.15, -0.1) is 0 Å². The molecule has 3 aromatic rings. The van der Waals surface area contributed by atoms with Gasteiger partial charge in [-0.25, -0.2) is 0 Å². The van der Waals surface area contributed by atoms with Gasteiger partial charge >= 0.3 is 0 Å². The maximum atomic E-state index is 13.9. The van der Waals surface area contributed by atoms with Crippen molar-refractivity contribution in [1.82, 2.24) is 4.90 Å². The number of amides is 2. The molecule has 5 rings (SSSR count). The van der Waals surface area contributed by atoms with Crippen LogP contribution in [0.1, 0.15) is 18.0 Å². The van der Waals surface area contributed by atoms with E-state index in [0.29, 0.717) is 37.0 Å². The molecule has 0 saturated carbocycles. The molecule has 0 aliphatic carbocycles. The Morgan fingerprint density at radius 3 is 2.05 bits per heavy atom. The molecule has 2 aliphatic rings. The highest BCUT2D eigenvalue weighted by molar-refractivity contribution is 6.30. The number of halogens is 1. The van der Waals surface area contributed by atoms with Crippen molar-refractivity contribution in [3.8, 4) is 11.5 Å². The summed E-state index contributed by atoms with van der Waals surface area (Å²) in [5.41, 5.74) is 2.70. The van der Waals surface area contributed by atoms with E-state index < -0.39 is 12.0 Å². The average molecular weight is 520 g/mol. The smallest absolute Gasteiger partial charge is 0.228 e. The van der Waals surface area contributed by atoms with Gasteiger partial charge < -0.3 is 24.2 Å². The summed E-state index contributed by atoms with van der Waals surface area (Å²) in [5.74, 6) is 0.893. The second-order valence-corrected chi connectivity index (χ2v) is 9.72. The van der Waals surface area contributed by atoms with Crippen LogP contribution in [0, 0.1) is 5.92 Å². The predicted molar refractivity (Wildman–Crippen MR) is 145 cm³/mol. The average Bonchev–Trinajstić information content (AvgIpc) is 3.29. The summed E-state index contributed by atoms with van der Waals surface area (Å²) in [6, 6.07) is 22.4. The molecular formula is C29H30ClN3O4. The molecule has 2 saturated heterocycles. The van der Waals surface area contributed by atoms with Crippen LogP contribution in [0.25, 0.3) is 0 Å². The van der Waals surface area contributed by atoms with Crippen LogP contribution in [0.4, 0.5) is 11.4 Å². The van der Waals surface area contributed by atoms with Crippen molar-refractivity contribution in [3.05, 3.63) is 83.4 Å². The molecule has 0 radical (unpaired) electrons. The van der Waals surface area contributed by atoms with Gasteiger partial charge in [-0.1, -0.05) is 29.8 Å². The number of methoxy groups -OCH3 is 2. The number of nitrogens with zero attached hydrogens (tertiary/aromatic N) is 3. The van der Waals surface area contributed by atoms with Crippen molar-refractivity contribution < 1.29 is 19.1 Å². The topological polar surface area (TPSA) is 62.3 Å². The largest absolute Gasteiger partial charge is 0.497 e. The summed E-state index contributed by atoms with van der Waals surface area (Å²) in [5, 5.41) is 0.696. The van der Waals surface area contributed by atoms with Crippen molar-refractivity contribution in [2.45, 2.75) is 12.5 Å². The van der Waals surface area contributed by atoms with Gasteiger partial charge in [0.15, 0.2) is 0 Å². The lowest BCUT2D eigenvalue weighted by Gasteiger charge is -2.38. The van der Waals surface area contributed by atoms with Gasteiger partial charge in [-0.3, -0.25) is 9.59 Å². The molecular weight excluding hydrogens is 490 g/mol. The Morgan fingerprint density at radius 1 is 0.838 bits per heavy atom. The zero-order valence-corrected chi connectivity index (χ0v) is 21.7. The van der Waals surface area contributed by atoms with E-state index in [1.54, 1.807) is 19.1 Å². The minimum Gasteiger partial charge on any atom is -0.497 e. The fourth-order valence-electron chi connectivity index (χ4n) is 5.28. The first kappa shape index (κ1) is 25.0. The first-order valence-corrected chi connectivity index (χ1v) is 12.8. The van der Waals surface area contributed by atoms with Crippen LogP contribution < -0.4 is 19.3 Å². The molecule has 0 bridgehead atoms. The minimum absolute atomic E-state index is 0.0101. The molecule has 2 unspecified atom stereocenters. The Bertz CT molecular complexity index is 1260. The third-order valence-corrected chi connectivity index (χ3v) is 7.45. The lowest BCUT2D eigenvalue weighted by atomic mass is 9.91. The van der Waals surface area contributed by atoms with E-state index >= 15 is 0 Å². The fourth-order valence-corrected chi connectivity index (χ4v) is 5.46. The maximum absolute atomic E-state index is 13.9. The minimum atomic E-state index is -0.485. The van der Waals surface area contributed by atoms with Crippen LogP contribution in [0.5, 0.6) is 11.5 Å². The second-order valence-electron chi connectivity index (χ2n) is 9.28. The third-order valence-electron chi connectivity index (χ3n) is 7.21. The third kappa shape index (κ3) is 5.09. The van der Waals surface area contributed by atoms with Crippen LogP contribution in [-0.4, -0.2) is 57.1 Å². The zero-order chi connectivity index (χ0) is 25.9. The molecule has 37 heavy (non-hydrogen) atoms. The van der Waals surface area contributed by atoms with Crippen LogP contribution in [0.3, 0.4) is 0 Å². The monoisotopic (exact) mass is 519 g/mol. The Morgan fingerprint density at radius 2 is 1.46 bits per heavy atom. The predicted octanol–water partition coefficient (Wildman–Crippen LogP) is 4.80. The van der Waals surface area contributed by atoms with E-state index in [0.717, 1.165) is 22.7 Å². The Kier molecular flexibility index (Phi) is 7.24. The summed E-state index contributed by atoms with van der Waals surface area (Å²) < 4.78 is 10.6. The Labute approximate surface area is 222 Å². The summed E-state index contributed by atoms with van der Waals surface area (Å²) in [7, 11) is 3.23. The van der Waals surface area contributed by atoms with E-state index in [-0.39, 0.29) is 18.2 Å². The number of hydrogen-bond acceptors (Lipinski definition) is 5.